The molecule has 1 aliphatic rings. The smallest absolute Gasteiger partial charge is 0.408 e. The van der Waals surface area contributed by atoms with E-state index in [-0.39, 0.29) is 18.9 Å². The van der Waals surface area contributed by atoms with E-state index in [1.807, 2.05) is 54.6 Å². The van der Waals surface area contributed by atoms with Crippen molar-refractivity contribution in [2.75, 3.05) is 13.2 Å². The van der Waals surface area contributed by atoms with Crippen molar-refractivity contribution in [1.82, 2.24) is 5.32 Å². The van der Waals surface area contributed by atoms with E-state index in [0.29, 0.717) is 19.0 Å². The van der Waals surface area contributed by atoms with E-state index >= 15 is 0 Å². The largest absolute Gasteiger partial charge is 0.486 e. The molecule has 3 rings (SSSR count). The molecule has 0 aromatic heterocycles. The minimum atomic E-state index is -1.15. The maximum absolute atomic E-state index is 13.4. The molecule has 0 unspecified atom stereocenters. The Labute approximate surface area is 267 Å². The van der Waals surface area contributed by atoms with E-state index in [1.165, 1.54) is 0 Å². The van der Waals surface area contributed by atoms with Crippen molar-refractivity contribution in [1.29, 1.82) is 0 Å². The van der Waals surface area contributed by atoms with Gasteiger partial charge in [0.2, 0.25) is 0 Å². The molecule has 1 N–H and O–H groups in total. The topological polar surface area (TPSA) is 119 Å². The summed E-state index contributed by atoms with van der Waals surface area (Å²) in [4.78, 5) is 39.3. The van der Waals surface area contributed by atoms with Crippen molar-refractivity contribution < 1.29 is 42.8 Å². The highest BCUT2D eigenvalue weighted by Crippen LogP contribution is 2.26. The van der Waals surface area contributed by atoms with Crippen LogP contribution >= 0.6 is 0 Å². The van der Waals surface area contributed by atoms with Gasteiger partial charge in [-0.3, -0.25) is 4.79 Å². The molecule has 1 fully saturated rings. The molecule has 1 saturated heterocycles. The fourth-order valence-corrected chi connectivity index (χ4v) is 4.51. The van der Waals surface area contributed by atoms with Crippen molar-refractivity contribution in [3.05, 3.63) is 65.7 Å². The zero-order valence-electron chi connectivity index (χ0n) is 28.0. The van der Waals surface area contributed by atoms with E-state index in [9.17, 15) is 14.4 Å². The van der Waals surface area contributed by atoms with E-state index in [0.717, 1.165) is 11.1 Å². The Morgan fingerprint density at radius 1 is 0.756 bits per heavy atom. The number of esters is 2. The molecule has 1 heterocycles. The van der Waals surface area contributed by atoms with E-state index < -0.39 is 53.1 Å². The molecule has 45 heavy (non-hydrogen) atoms. The van der Waals surface area contributed by atoms with E-state index in [4.69, 9.17) is 28.4 Å². The van der Waals surface area contributed by atoms with Gasteiger partial charge in [-0.1, -0.05) is 42.5 Å². The first kappa shape index (κ1) is 35.8. The Morgan fingerprint density at radius 2 is 1.29 bits per heavy atom. The van der Waals surface area contributed by atoms with Crippen molar-refractivity contribution in [2.24, 2.45) is 5.92 Å². The third-order valence-corrected chi connectivity index (χ3v) is 6.29. The maximum atomic E-state index is 13.4. The van der Waals surface area contributed by atoms with Gasteiger partial charge in [-0.05, 0) is 92.9 Å². The van der Waals surface area contributed by atoms with Crippen LogP contribution in [-0.4, -0.2) is 60.2 Å². The van der Waals surface area contributed by atoms with Crippen molar-refractivity contribution in [3.8, 4) is 5.75 Å². The molecule has 0 bridgehead atoms. The van der Waals surface area contributed by atoms with E-state index in [2.05, 4.69) is 5.32 Å². The van der Waals surface area contributed by atoms with Crippen LogP contribution in [0.1, 0.15) is 86.2 Å². The quantitative estimate of drug-likeness (QED) is 0.239. The van der Waals surface area contributed by atoms with Crippen LogP contribution in [0.5, 0.6) is 5.75 Å². The summed E-state index contributed by atoms with van der Waals surface area (Å²) in [6.45, 7) is 16.5. The van der Waals surface area contributed by atoms with Gasteiger partial charge >= 0.3 is 18.0 Å². The van der Waals surface area contributed by atoms with Gasteiger partial charge in [0.25, 0.3) is 0 Å². The minimum absolute atomic E-state index is 0.0549. The van der Waals surface area contributed by atoms with Crippen LogP contribution in [0, 0.1) is 5.92 Å². The third kappa shape index (κ3) is 13.1. The van der Waals surface area contributed by atoms with Crippen LogP contribution in [0.4, 0.5) is 4.79 Å². The average molecular weight is 628 g/mol. The number of hydrogen-bond acceptors (Lipinski definition) is 9. The second-order valence-electron chi connectivity index (χ2n) is 14.2. The van der Waals surface area contributed by atoms with Crippen molar-refractivity contribution in [3.63, 3.8) is 0 Å². The lowest BCUT2D eigenvalue weighted by Crippen LogP contribution is -2.48. The Balaban J connectivity index is 1.71. The molecule has 248 valence electrons. The number of alkyl carbamates (subject to hydrolysis) is 1. The summed E-state index contributed by atoms with van der Waals surface area (Å²) in [5, 5.41) is 2.61. The summed E-state index contributed by atoms with van der Waals surface area (Å²) in [5.74, 6) is -1.32. The first-order chi connectivity index (χ1) is 20.9. The van der Waals surface area contributed by atoms with Gasteiger partial charge in [-0.2, -0.15) is 0 Å². The second-order valence-corrected chi connectivity index (χ2v) is 14.2. The molecule has 0 radical (unpaired) electrons. The highest BCUT2D eigenvalue weighted by atomic mass is 16.7. The number of amides is 1. The molecule has 2 aromatic carbocycles. The second kappa shape index (κ2) is 15.1. The number of nitrogens with one attached hydrogen (secondary N) is 1. The van der Waals surface area contributed by atoms with Crippen LogP contribution in [-0.2, 0) is 39.7 Å². The Hall–Kier alpha value is -3.63. The molecular weight excluding hydrogens is 578 g/mol. The average Bonchev–Trinajstić information content (AvgIpc) is 2.91. The number of rotatable bonds is 10. The molecule has 1 amide bonds. The molecule has 0 spiro atoms. The standard InChI is InChI=1S/C35H49NO9/c1-33(2,3)43-29(37)25(20-28(30(38)44-34(4,5)6)36-32(39)45-35(7,8)9)19-23-15-17-26(18-16-23)42-27-21-40-31(41-22-27)24-13-11-10-12-14-24/h10-18,25,27-28,31H,19-22H2,1-9H3,(H,36,39)/t25-,27?,28-,31?/m0/s1. The van der Waals surface area contributed by atoms with Gasteiger partial charge in [0.1, 0.15) is 34.7 Å². The molecule has 2 atom stereocenters. The van der Waals surface area contributed by atoms with Gasteiger partial charge in [-0.25, -0.2) is 9.59 Å². The zero-order chi connectivity index (χ0) is 33.4. The first-order valence-electron chi connectivity index (χ1n) is 15.4. The molecule has 2 aromatic rings. The summed E-state index contributed by atoms with van der Waals surface area (Å²) >= 11 is 0. The lowest BCUT2D eigenvalue weighted by molar-refractivity contribution is -0.215. The van der Waals surface area contributed by atoms with E-state index in [1.54, 1.807) is 62.3 Å². The van der Waals surface area contributed by atoms with Gasteiger partial charge in [0.15, 0.2) is 6.29 Å². The molecule has 0 aliphatic carbocycles. The molecule has 0 saturated carbocycles. The van der Waals surface area contributed by atoms with Gasteiger partial charge in [0.05, 0.1) is 19.1 Å². The van der Waals surface area contributed by atoms with Crippen LogP contribution in [0.25, 0.3) is 0 Å². The summed E-state index contributed by atoms with van der Waals surface area (Å²) < 4.78 is 34.5. The monoisotopic (exact) mass is 627 g/mol. The summed E-state index contributed by atoms with van der Waals surface area (Å²) in [6, 6.07) is 15.9. The SMILES string of the molecule is CC(C)(C)OC(=O)N[C@@H](C[C@H](Cc1ccc(OC2COC(c3ccccc3)OC2)cc1)C(=O)OC(C)(C)C)C(=O)OC(C)(C)C. The fourth-order valence-electron chi connectivity index (χ4n) is 4.51. The number of carbonyl (C=O) groups excluding carboxylic acids is 3. The van der Waals surface area contributed by atoms with Crippen LogP contribution in [0.15, 0.2) is 54.6 Å². The Kier molecular flexibility index (Phi) is 12.0. The predicted octanol–water partition coefficient (Wildman–Crippen LogP) is 6.31. The summed E-state index contributed by atoms with van der Waals surface area (Å²) in [5.41, 5.74) is -0.569. The van der Waals surface area contributed by atoms with Crippen LogP contribution in [0.2, 0.25) is 0 Å². The minimum Gasteiger partial charge on any atom is -0.486 e. The predicted molar refractivity (Wildman–Crippen MR) is 169 cm³/mol. The molecule has 10 heteroatoms. The Bertz CT molecular complexity index is 1250. The van der Waals surface area contributed by atoms with Crippen LogP contribution in [0.3, 0.4) is 0 Å². The highest BCUT2D eigenvalue weighted by molar-refractivity contribution is 5.83. The molecular formula is C35H49NO9. The fraction of sp³-hybridized carbons (Fsp3) is 0.571. The van der Waals surface area contributed by atoms with Crippen LogP contribution < -0.4 is 10.1 Å². The first-order valence-corrected chi connectivity index (χ1v) is 15.4. The van der Waals surface area contributed by atoms with Crippen molar-refractivity contribution in [2.45, 2.75) is 110 Å². The number of ether oxygens (including phenoxy) is 6. The van der Waals surface area contributed by atoms with Crippen molar-refractivity contribution >= 4 is 18.0 Å². The van der Waals surface area contributed by atoms with Gasteiger partial charge in [0, 0.05) is 5.56 Å². The Morgan fingerprint density at radius 3 is 1.82 bits per heavy atom. The molecule has 1 aliphatic heterocycles. The van der Waals surface area contributed by atoms with Gasteiger partial charge < -0.3 is 33.7 Å². The lowest BCUT2D eigenvalue weighted by atomic mass is 9.92. The lowest BCUT2D eigenvalue weighted by Gasteiger charge is -2.30. The summed E-state index contributed by atoms with van der Waals surface area (Å²) in [6.07, 6.45) is -1.29. The number of benzene rings is 2. The number of carbonyl (C=O) groups is 3. The van der Waals surface area contributed by atoms with Gasteiger partial charge in [-0.15, -0.1) is 0 Å². The number of hydrogen-bond donors (Lipinski definition) is 1. The maximum Gasteiger partial charge on any atom is 0.408 e. The molecule has 10 nitrogen and oxygen atoms in total. The zero-order valence-corrected chi connectivity index (χ0v) is 28.0. The third-order valence-electron chi connectivity index (χ3n) is 6.29. The highest BCUT2D eigenvalue weighted by Gasteiger charge is 2.35. The normalized spacial score (nSPS) is 18.7. The summed E-state index contributed by atoms with van der Waals surface area (Å²) in [7, 11) is 0.